The van der Waals surface area contributed by atoms with Gasteiger partial charge in [0.1, 0.15) is 18.2 Å². The maximum Gasteiger partial charge on any atom is 0.122 e. The van der Waals surface area contributed by atoms with E-state index in [1.165, 1.54) is 0 Å². The van der Waals surface area contributed by atoms with Crippen molar-refractivity contribution < 1.29 is 9.84 Å². The highest BCUT2D eigenvalue weighted by molar-refractivity contribution is 5.94. The van der Waals surface area contributed by atoms with E-state index in [9.17, 15) is 5.11 Å². The molecule has 1 heterocycles. The summed E-state index contributed by atoms with van der Waals surface area (Å²) in [6, 6.07) is 7.21. The summed E-state index contributed by atoms with van der Waals surface area (Å²) in [7, 11) is 0. The van der Waals surface area contributed by atoms with Crippen LogP contribution in [0.3, 0.4) is 0 Å². The Bertz CT molecular complexity index is 457. The Kier molecular flexibility index (Phi) is 4.62. The Hall–Kier alpha value is -1.59. The summed E-state index contributed by atoms with van der Waals surface area (Å²) in [5.74, 6) is 0.839. The van der Waals surface area contributed by atoms with Gasteiger partial charge in [0.2, 0.25) is 0 Å². The lowest BCUT2D eigenvalue weighted by atomic mass is 9.95. The first-order valence-corrected chi connectivity index (χ1v) is 6.98. The second kappa shape index (κ2) is 6.24. The number of β-amino-alcohol motifs (C(OH)–C–C–N with tert-alkyl or cyclic N) is 1. The zero-order valence-electron chi connectivity index (χ0n) is 11.9. The molecule has 1 aliphatic rings. The van der Waals surface area contributed by atoms with E-state index in [2.05, 4.69) is 4.90 Å². The smallest absolute Gasteiger partial charge is 0.122 e. The molecule has 1 saturated heterocycles. The number of rotatable bonds is 5. The normalized spacial score (nSPS) is 23.5. The van der Waals surface area contributed by atoms with Crippen molar-refractivity contribution in [1.82, 2.24) is 4.90 Å². The van der Waals surface area contributed by atoms with Gasteiger partial charge in [-0.1, -0.05) is 0 Å². The lowest BCUT2D eigenvalue weighted by Gasteiger charge is -2.36. The number of piperidine rings is 1. The van der Waals surface area contributed by atoms with Crippen LogP contribution in [0.4, 0.5) is 0 Å². The second-order valence-corrected chi connectivity index (χ2v) is 5.66. The van der Waals surface area contributed by atoms with Crippen molar-refractivity contribution in [2.45, 2.75) is 25.4 Å². The first kappa shape index (κ1) is 14.8. The Labute approximate surface area is 119 Å². The molecule has 110 valence electrons. The van der Waals surface area contributed by atoms with Crippen molar-refractivity contribution >= 4 is 5.84 Å². The lowest BCUT2D eigenvalue weighted by Crippen LogP contribution is -2.47. The fourth-order valence-corrected chi connectivity index (χ4v) is 2.54. The van der Waals surface area contributed by atoms with E-state index in [0.29, 0.717) is 18.7 Å². The number of hydrogen-bond acceptors (Lipinski definition) is 4. The number of nitrogens with two attached hydrogens (primary N) is 1. The highest BCUT2D eigenvalue weighted by Gasteiger charge is 2.27. The SMILES string of the molecule is CC1(O)CCCN(CCOc2ccc(C(=N)N)cc2)C1. The van der Waals surface area contributed by atoms with E-state index >= 15 is 0 Å². The van der Waals surface area contributed by atoms with Crippen LogP contribution in [0.1, 0.15) is 25.3 Å². The average Bonchev–Trinajstić information content (AvgIpc) is 2.38. The van der Waals surface area contributed by atoms with Crippen LogP contribution in [0.15, 0.2) is 24.3 Å². The third-order valence-corrected chi connectivity index (χ3v) is 3.60. The number of nitrogen functional groups attached to an aromatic ring is 1. The summed E-state index contributed by atoms with van der Waals surface area (Å²) in [5, 5.41) is 17.4. The quantitative estimate of drug-likeness (QED) is 0.558. The lowest BCUT2D eigenvalue weighted by molar-refractivity contribution is -0.0183. The molecule has 1 aliphatic heterocycles. The zero-order chi connectivity index (χ0) is 14.6. The van der Waals surface area contributed by atoms with Gasteiger partial charge in [0.15, 0.2) is 0 Å². The topological polar surface area (TPSA) is 82.6 Å². The van der Waals surface area contributed by atoms with Crippen LogP contribution in [-0.2, 0) is 0 Å². The van der Waals surface area contributed by atoms with Crippen LogP contribution in [0.5, 0.6) is 5.75 Å². The molecule has 20 heavy (non-hydrogen) atoms. The maximum absolute atomic E-state index is 10.0. The number of hydrogen-bond donors (Lipinski definition) is 3. The minimum Gasteiger partial charge on any atom is -0.492 e. The molecule has 0 aliphatic carbocycles. The van der Waals surface area contributed by atoms with Gasteiger partial charge in [-0.15, -0.1) is 0 Å². The summed E-state index contributed by atoms with van der Waals surface area (Å²) >= 11 is 0. The molecule has 0 spiro atoms. The molecule has 4 N–H and O–H groups in total. The first-order valence-electron chi connectivity index (χ1n) is 6.98. The molecular formula is C15H23N3O2. The van der Waals surface area contributed by atoms with E-state index in [0.717, 1.165) is 31.7 Å². The average molecular weight is 277 g/mol. The number of aliphatic hydroxyl groups is 1. The van der Waals surface area contributed by atoms with Crippen molar-refractivity contribution in [3.8, 4) is 5.75 Å². The van der Waals surface area contributed by atoms with Gasteiger partial charge in [0.05, 0.1) is 5.60 Å². The van der Waals surface area contributed by atoms with Crippen molar-refractivity contribution in [3.05, 3.63) is 29.8 Å². The summed E-state index contributed by atoms with van der Waals surface area (Å²) in [4.78, 5) is 2.23. The highest BCUT2D eigenvalue weighted by Crippen LogP contribution is 2.20. The molecule has 5 heteroatoms. The molecule has 1 aromatic rings. The van der Waals surface area contributed by atoms with Crippen LogP contribution in [0.25, 0.3) is 0 Å². The van der Waals surface area contributed by atoms with Crippen molar-refractivity contribution in [1.29, 1.82) is 5.41 Å². The second-order valence-electron chi connectivity index (χ2n) is 5.66. The number of ether oxygens (including phenoxy) is 1. The molecule has 1 fully saturated rings. The van der Waals surface area contributed by atoms with Crippen LogP contribution in [0.2, 0.25) is 0 Å². The number of benzene rings is 1. The monoisotopic (exact) mass is 277 g/mol. The van der Waals surface area contributed by atoms with E-state index < -0.39 is 5.60 Å². The predicted octanol–water partition coefficient (Wildman–Crippen LogP) is 1.20. The van der Waals surface area contributed by atoms with Gasteiger partial charge in [-0.05, 0) is 50.6 Å². The molecule has 0 amide bonds. The molecule has 0 radical (unpaired) electrons. The van der Waals surface area contributed by atoms with E-state index in [1.54, 1.807) is 12.1 Å². The van der Waals surface area contributed by atoms with Crippen LogP contribution < -0.4 is 10.5 Å². The molecule has 5 nitrogen and oxygen atoms in total. The van der Waals surface area contributed by atoms with Crippen molar-refractivity contribution in [3.63, 3.8) is 0 Å². The molecular weight excluding hydrogens is 254 g/mol. The van der Waals surface area contributed by atoms with Crippen LogP contribution in [0, 0.1) is 5.41 Å². The Morgan fingerprint density at radius 3 is 2.75 bits per heavy atom. The highest BCUT2D eigenvalue weighted by atomic mass is 16.5. The summed E-state index contributed by atoms with van der Waals surface area (Å²) in [6.07, 6.45) is 1.90. The molecule has 0 bridgehead atoms. The molecule has 2 rings (SSSR count). The van der Waals surface area contributed by atoms with Gasteiger partial charge in [-0.25, -0.2) is 0 Å². The minimum absolute atomic E-state index is 0.0621. The maximum atomic E-state index is 10.0. The number of amidine groups is 1. The van der Waals surface area contributed by atoms with Crippen molar-refractivity contribution in [2.24, 2.45) is 5.73 Å². The van der Waals surface area contributed by atoms with Crippen LogP contribution in [-0.4, -0.2) is 47.7 Å². The molecule has 1 atom stereocenters. The summed E-state index contributed by atoms with van der Waals surface area (Å²) in [5.41, 5.74) is 5.53. The van der Waals surface area contributed by atoms with Gasteiger partial charge in [-0.2, -0.15) is 0 Å². The molecule has 1 aromatic carbocycles. The summed E-state index contributed by atoms with van der Waals surface area (Å²) < 4.78 is 5.68. The number of nitrogens with one attached hydrogen (secondary N) is 1. The predicted molar refractivity (Wildman–Crippen MR) is 79.3 cm³/mol. The fourth-order valence-electron chi connectivity index (χ4n) is 2.54. The zero-order valence-corrected chi connectivity index (χ0v) is 11.9. The minimum atomic E-state index is -0.568. The summed E-state index contributed by atoms with van der Waals surface area (Å²) in [6.45, 7) is 5.02. The molecule has 1 unspecified atom stereocenters. The van der Waals surface area contributed by atoms with Gasteiger partial charge >= 0.3 is 0 Å². The largest absolute Gasteiger partial charge is 0.492 e. The van der Waals surface area contributed by atoms with Gasteiger partial charge in [0.25, 0.3) is 0 Å². The Morgan fingerprint density at radius 1 is 1.45 bits per heavy atom. The van der Waals surface area contributed by atoms with E-state index in [-0.39, 0.29) is 5.84 Å². The van der Waals surface area contributed by atoms with E-state index in [1.807, 2.05) is 19.1 Å². The van der Waals surface area contributed by atoms with Crippen molar-refractivity contribution in [2.75, 3.05) is 26.2 Å². The standard InChI is InChI=1S/C15H23N3O2/c1-15(19)7-2-8-18(11-15)9-10-20-13-5-3-12(4-6-13)14(16)17/h3-6,19H,2,7-11H2,1H3,(H3,16,17). The van der Waals surface area contributed by atoms with Gasteiger partial charge in [0, 0.05) is 18.7 Å². The first-order chi connectivity index (χ1) is 9.46. The molecule has 0 saturated carbocycles. The fraction of sp³-hybridized carbons (Fsp3) is 0.533. The molecule has 0 aromatic heterocycles. The number of nitrogens with zero attached hydrogens (tertiary/aromatic N) is 1. The van der Waals surface area contributed by atoms with E-state index in [4.69, 9.17) is 15.9 Å². The third-order valence-electron chi connectivity index (χ3n) is 3.60. The Morgan fingerprint density at radius 2 is 2.15 bits per heavy atom. The number of likely N-dealkylation sites (tertiary alicyclic amines) is 1. The Balaban J connectivity index is 1.76. The van der Waals surface area contributed by atoms with Gasteiger partial charge in [-0.3, -0.25) is 10.3 Å². The van der Waals surface area contributed by atoms with Gasteiger partial charge < -0.3 is 15.6 Å². The van der Waals surface area contributed by atoms with Crippen LogP contribution >= 0.6 is 0 Å². The third kappa shape index (κ3) is 4.21.